The third-order valence-corrected chi connectivity index (χ3v) is 3.42. The van der Waals surface area contributed by atoms with Crippen LogP contribution in [0.15, 0.2) is 18.2 Å². The molecule has 1 N–H and O–H groups in total. The summed E-state index contributed by atoms with van der Waals surface area (Å²) in [6.45, 7) is 2.71. The van der Waals surface area contributed by atoms with Gasteiger partial charge in [0, 0.05) is 13.1 Å². The van der Waals surface area contributed by atoms with E-state index in [1.54, 1.807) is 17.0 Å². The van der Waals surface area contributed by atoms with Crippen molar-refractivity contribution in [3.63, 3.8) is 0 Å². The van der Waals surface area contributed by atoms with E-state index in [1.165, 1.54) is 6.07 Å². The van der Waals surface area contributed by atoms with Crippen molar-refractivity contribution in [3.8, 4) is 0 Å². The molecule has 1 aliphatic rings. The Hall–Kier alpha value is -1.33. The topological polar surface area (TPSA) is 66.6 Å². The minimum atomic E-state index is -0.726. The Morgan fingerprint density at radius 3 is 2.76 bits per heavy atom. The summed E-state index contributed by atoms with van der Waals surface area (Å²) < 4.78 is 0. The van der Waals surface area contributed by atoms with E-state index in [4.69, 9.17) is 11.6 Å². The molecule has 1 aliphatic heterocycles. The number of rotatable bonds is 3. The number of hydrogen-bond acceptors (Lipinski definition) is 4. The predicted octanol–water partition coefficient (Wildman–Crippen LogP) is 2.21. The van der Waals surface area contributed by atoms with Gasteiger partial charge in [0.05, 0.1) is 10.5 Å². The van der Waals surface area contributed by atoms with Gasteiger partial charge in [-0.3, -0.25) is 10.1 Å². The zero-order chi connectivity index (χ0) is 12.6. The maximum Gasteiger partial charge on any atom is 0.310 e. The number of anilines is 1. The molecule has 1 aromatic rings. The van der Waals surface area contributed by atoms with E-state index in [1.807, 2.05) is 6.92 Å². The van der Waals surface area contributed by atoms with Crippen molar-refractivity contribution >= 4 is 23.0 Å². The van der Waals surface area contributed by atoms with Gasteiger partial charge in [0.15, 0.2) is 0 Å². The average molecular weight is 257 g/mol. The summed E-state index contributed by atoms with van der Waals surface area (Å²) in [5.41, 5.74) is -0.344. The Bertz CT molecular complexity index is 458. The Balaban J connectivity index is 2.29. The van der Waals surface area contributed by atoms with Crippen molar-refractivity contribution in [2.75, 3.05) is 18.0 Å². The maximum absolute atomic E-state index is 10.9. The number of halogens is 1. The summed E-state index contributed by atoms with van der Waals surface area (Å²) in [5.74, 6) is 0. The zero-order valence-electron chi connectivity index (χ0n) is 9.39. The van der Waals surface area contributed by atoms with Crippen molar-refractivity contribution in [1.82, 2.24) is 0 Å². The molecule has 1 aromatic carbocycles. The second kappa shape index (κ2) is 4.16. The largest absolute Gasteiger partial charge is 0.386 e. The molecule has 1 saturated heterocycles. The van der Waals surface area contributed by atoms with Crippen LogP contribution >= 0.6 is 11.6 Å². The monoisotopic (exact) mass is 256 g/mol. The lowest BCUT2D eigenvalue weighted by atomic mass is 9.90. The molecule has 1 heterocycles. The van der Waals surface area contributed by atoms with Crippen LogP contribution in [0.1, 0.15) is 13.3 Å². The Kier molecular flexibility index (Phi) is 2.97. The van der Waals surface area contributed by atoms with Gasteiger partial charge in [-0.25, -0.2) is 0 Å². The lowest BCUT2D eigenvalue weighted by Crippen LogP contribution is -2.61. The second-order valence-corrected chi connectivity index (χ2v) is 4.71. The van der Waals surface area contributed by atoms with Crippen molar-refractivity contribution in [3.05, 3.63) is 33.3 Å². The molecule has 0 amide bonds. The molecule has 0 atom stereocenters. The number of aliphatic hydroxyl groups is 1. The van der Waals surface area contributed by atoms with Crippen LogP contribution < -0.4 is 4.90 Å². The molecule has 0 radical (unpaired) electrons. The number of β-amino-alcohol motifs (C(OH)–C–C–N with tert-alkyl or cyclic N) is 1. The minimum Gasteiger partial charge on any atom is -0.386 e. The SMILES string of the molecule is CCC1(O)CN(c2cccc(Cl)c2[N+](=O)[O-])C1. The average Bonchev–Trinajstić information content (AvgIpc) is 2.24. The van der Waals surface area contributed by atoms with E-state index in [0.717, 1.165) is 0 Å². The number of para-hydroxylation sites is 1. The molecule has 0 aliphatic carbocycles. The first-order chi connectivity index (χ1) is 7.97. The molecule has 6 heteroatoms. The maximum atomic E-state index is 10.9. The van der Waals surface area contributed by atoms with Gasteiger partial charge >= 0.3 is 5.69 Å². The molecule has 2 rings (SSSR count). The number of nitrogens with zero attached hydrogens (tertiary/aromatic N) is 2. The van der Waals surface area contributed by atoms with E-state index >= 15 is 0 Å². The molecule has 0 bridgehead atoms. The van der Waals surface area contributed by atoms with Crippen LogP contribution in [-0.2, 0) is 0 Å². The predicted molar refractivity (Wildman–Crippen MR) is 65.6 cm³/mol. The van der Waals surface area contributed by atoms with Crippen molar-refractivity contribution in [2.45, 2.75) is 18.9 Å². The first-order valence-electron chi connectivity index (χ1n) is 5.37. The highest BCUT2D eigenvalue weighted by Gasteiger charge is 2.42. The fourth-order valence-electron chi connectivity index (χ4n) is 2.00. The van der Waals surface area contributed by atoms with Crippen molar-refractivity contribution in [1.29, 1.82) is 0 Å². The number of hydrogen-bond donors (Lipinski definition) is 1. The Morgan fingerprint density at radius 1 is 1.59 bits per heavy atom. The van der Waals surface area contributed by atoms with Gasteiger partial charge in [-0.05, 0) is 18.6 Å². The fraction of sp³-hybridized carbons (Fsp3) is 0.455. The molecule has 92 valence electrons. The molecule has 5 nitrogen and oxygen atoms in total. The number of nitro groups is 1. The summed E-state index contributed by atoms with van der Waals surface area (Å²) in [4.78, 5) is 12.2. The molecule has 1 fully saturated rings. The Morgan fingerprint density at radius 2 is 2.24 bits per heavy atom. The summed E-state index contributed by atoms with van der Waals surface area (Å²) in [5, 5.41) is 21.0. The third kappa shape index (κ3) is 2.08. The van der Waals surface area contributed by atoms with E-state index in [2.05, 4.69) is 0 Å². The summed E-state index contributed by atoms with van der Waals surface area (Å²) in [6, 6.07) is 4.82. The van der Waals surface area contributed by atoms with Gasteiger partial charge in [-0.15, -0.1) is 0 Å². The minimum absolute atomic E-state index is 0.0904. The third-order valence-electron chi connectivity index (χ3n) is 3.12. The first-order valence-corrected chi connectivity index (χ1v) is 5.75. The highest BCUT2D eigenvalue weighted by Crippen LogP contribution is 2.39. The van der Waals surface area contributed by atoms with Gasteiger partial charge in [-0.2, -0.15) is 0 Å². The highest BCUT2D eigenvalue weighted by molar-refractivity contribution is 6.33. The fourth-order valence-corrected chi connectivity index (χ4v) is 2.24. The molecule has 0 unspecified atom stereocenters. The molecule has 0 aromatic heterocycles. The van der Waals surface area contributed by atoms with Gasteiger partial charge in [0.1, 0.15) is 10.7 Å². The van der Waals surface area contributed by atoms with Gasteiger partial charge < -0.3 is 10.0 Å². The van der Waals surface area contributed by atoms with Crippen LogP contribution in [0.4, 0.5) is 11.4 Å². The normalized spacial score (nSPS) is 17.7. The lowest BCUT2D eigenvalue weighted by Gasteiger charge is -2.47. The van der Waals surface area contributed by atoms with Gasteiger partial charge in [0.2, 0.25) is 0 Å². The van der Waals surface area contributed by atoms with Crippen LogP contribution in [0.25, 0.3) is 0 Å². The van der Waals surface area contributed by atoms with Crippen LogP contribution in [0, 0.1) is 10.1 Å². The second-order valence-electron chi connectivity index (χ2n) is 4.30. The Labute approximate surface area is 104 Å². The number of nitro benzene ring substituents is 1. The van der Waals surface area contributed by atoms with E-state index in [9.17, 15) is 15.2 Å². The molecule has 0 spiro atoms. The first kappa shape index (κ1) is 12.1. The van der Waals surface area contributed by atoms with Crippen LogP contribution in [-0.4, -0.2) is 28.7 Å². The number of benzene rings is 1. The standard InChI is InChI=1S/C11H13ClN2O3/c1-2-11(15)6-13(7-11)9-5-3-4-8(12)10(9)14(16)17/h3-5,15H,2,6-7H2,1H3. The molecular formula is C11H13ClN2O3. The molecule has 0 saturated carbocycles. The van der Waals surface area contributed by atoms with Crippen molar-refractivity contribution in [2.24, 2.45) is 0 Å². The molecular weight excluding hydrogens is 244 g/mol. The van der Waals surface area contributed by atoms with Crippen LogP contribution in [0.3, 0.4) is 0 Å². The highest BCUT2D eigenvalue weighted by atomic mass is 35.5. The van der Waals surface area contributed by atoms with Crippen LogP contribution in [0.2, 0.25) is 5.02 Å². The van der Waals surface area contributed by atoms with Crippen molar-refractivity contribution < 1.29 is 10.0 Å². The van der Waals surface area contributed by atoms with E-state index in [0.29, 0.717) is 25.2 Å². The van der Waals surface area contributed by atoms with E-state index in [-0.39, 0.29) is 10.7 Å². The van der Waals surface area contributed by atoms with Gasteiger partial charge in [-0.1, -0.05) is 24.6 Å². The zero-order valence-corrected chi connectivity index (χ0v) is 10.1. The summed E-state index contributed by atoms with van der Waals surface area (Å²) >= 11 is 5.82. The summed E-state index contributed by atoms with van der Waals surface area (Å²) in [6.07, 6.45) is 0.637. The smallest absolute Gasteiger partial charge is 0.310 e. The molecule has 17 heavy (non-hydrogen) atoms. The quantitative estimate of drug-likeness (QED) is 0.665. The van der Waals surface area contributed by atoms with E-state index < -0.39 is 10.5 Å². The van der Waals surface area contributed by atoms with Gasteiger partial charge in [0.25, 0.3) is 0 Å². The lowest BCUT2D eigenvalue weighted by molar-refractivity contribution is -0.384. The summed E-state index contributed by atoms with van der Waals surface area (Å²) in [7, 11) is 0. The van der Waals surface area contributed by atoms with Crippen LogP contribution in [0.5, 0.6) is 0 Å².